The fourth-order valence-corrected chi connectivity index (χ4v) is 1.72. The highest BCUT2D eigenvalue weighted by atomic mass is 15.1. The van der Waals surface area contributed by atoms with Gasteiger partial charge < -0.3 is 4.90 Å². The fraction of sp³-hybridized carbons (Fsp3) is 1.00. The Labute approximate surface area is 64.4 Å². The standard InChI is InChI=1S/C9H19N/c1-8-6-4-5-7-9(2)10(8)3/h8-9H,4-7H2,1-3H3/t8-,9+. The van der Waals surface area contributed by atoms with Gasteiger partial charge in [0, 0.05) is 12.1 Å². The van der Waals surface area contributed by atoms with Crippen molar-refractivity contribution in [2.75, 3.05) is 7.05 Å². The third-order valence-electron chi connectivity index (χ3n) is 2.88. The molecule has 10 heavy (non-hydrogen) atoms. The van der Waals surface area contributed by atoms with Gasteiger partial charge in [-0.3, -0.25) is 0 Å². The van der Waals surface area contributed by atoms with Crippen LogP contribution in [0.4, 0.5) is 0 Å². The van der Waals surface area contributed by atoms with Gasteiger partial charge in [-0.05, 0) is 33.7 Å². The molecule has 1 aliphatic rings. The average molecular weight is 141 g/mol. The van der Waals surface area contributed by atoms with E-state index < -0.39 is 0 Å². The van der Waals surface area contributed by atoms with Gasteiger partial charge in [-0.1, -0.05) is 12.8 Å². The van der Waals surface area contributed by atoms with Gasteiger partial charge in [0.15, 0.2) is 0 Å². The zero-order valence-corrected chi connectivity index (χ0v) is 7.43. The molecular formula is C9H19N. The molecule has 1 saturated heterocycles. The SMILES string of the molecule is C[C@@H]1CCCC[C@H](C)N1C. The lowest BCUT2D eigenvalue weighted by Crippen LogP contribution is -2.34. The van der Waals surface area contributed by atoms with Gasteiger partial charge in [0.2, 0.25) is 0 Å². The van der Waals surface area contributed by atoms with E-state index in [1.165, 1.54) is 25.7 Å². The van der Waals surface area contributed by atoms with E-state index in [0.717, 1.165) is 12.1 Å². The van der Waals surface area contributed by atoms with Crippen LogP contribution >= 0.6 is 0 Å². The normalized spacial score (nSPS) is 37.5. The molecule has 0 amide bonds. The number of nitrogens with zero attached hydrogens (tertiary/aromatic N) is 1. The van der Waals surface area contributed by atoms with Crippen molar-refractivity contribution in [3.8, 4) is 0 Å². The highest BCUT2D eigenvalue weighted by Gasteiger charge is 2.18. The monoisotopic (exact) mass is 141 g/mol. The Morgan fingerprint density at radius 3 is 1.80 bits per heavy atom. The molecule has 0 unspecified atom stereocenters. The lowest BCUT2D eigenvalue weighted by molar-refractivity contribution is 0.199. The molecule has 1 aliphatic heterocycles. The number of hydrogen-bond acceptors (Lipinski definition) is 1. The van der Waals surface area contributed by atoms with Crippen molar-refractivity contribution in [2.45, 2.75) is 51.6 Å². The molecule has 1 rings (SSSR count). The Balaban J connectivity index is 2.46. The summed E-state index contributed by atoms with van der Waals surface area (Å²) >= 11 is 0. The lowest BCUT2D eigenvalue weighted by atomic mass is 10.1. The molecule has 0 N–H and O–H groups in total. The summed E-state index contributed by atoms with van der Waals surface area (Å²) in [6, 6.07) is 1.61. The van der Waals surface area contributed by atoms with E-state index in [1.54, 1.807) is 0 Å². The molecule has 0 aromatic carbocycles. The topological polar surface area (TPSA) is 3.24 Å². The van der Waals surface area contributed by atoms with Gasteiger partial charge >= 0.3 is 0 Å². The Hall–Kier alpha value is -0.0400. The first-order valence-corrected chi connectivity index (χ1v) is 4.43. The summed E-state index contributed by atoms with van der Waals surface area (Å²) in [6.45, 7) is 4.67. The molecule has 0 aromatic heterocycles. The van der Waals surface area contributed by atoms with E-state index in [1.807, 2.05) is 0 Å². The van der Waals surface area contributed by atoms with Gasteiger partial charge in [-0.25, -0.2) is 0 Å². The predicted molar refractivity (Wildman–Crippen MR) is 45.2 cm³/mol. The van der Waals surface area contributed by atoms with E-state index >= 15 is 0 Å². The molecule has 1 heterocycles. The first-order chi connectivity index (χ1) is 4.72. The van der Waals surface area contributed by atoms with Gasteiger partial charge in [-0.2, -0.15) is 0 Å². The summed E-state index contributed by atoms with van der Waals surface area (Å²) in [7, 11) is 2.25. The van der Waals surface area contributed by atoms with Crippen molar-refractivity contribution >= 4 is 0 Å². The van der Waals surface area contributed by atoms with Crippen molar-refractivity contribution in [1.82, 2.24) is 4.90 Å². The number of likely N-dealkylation sites (tertiary alicyclic amines) is 1. The molecular weight excluding hydrogens is 122 g/mol. The summed E-state index contributed by atoms with van der Waals surface area (Å²) in [4.78, 5) is 2.51. The second-order valence-electron chi connectivity index (χ2n) is 3.65. The van der Waals surface area contributed by atoms with Crippen LogP contribution in [0.25, 0.3) is 0 Å². The van der Waals surface area contributed by atoms with E-state index in [-0.39, 0.29) is 0 Å². The molecule has 1 heteroatoms. The van der Waals surface area contributed by atoms with Gasteiger partial charge in [0.1, 0.15) is 0 Å². The second kappa shape index (κ2) is 3.38. The van der Waals surface area contributed by atoms with Crippen LogP contribution < -0.4 is 0 Å². The molecule has 1 nitrogen and oxygen atoms in total. The number of hydrogen-bond donors (Lipinski definition) is 0. The van der Waals surface area contributed by atoms with Crippen LogP contribution in [0.15, 0.2) is 0 Å². The molecule has 1 fully saturated rings. The van der Waals surface area contributed by atoms with Gasteiger partial charge in [-0.15, -0.1) is 0 Å². The van der Waals surface area contributed by atoms with Crippen molar-refractivity contribution in [3.63, 3.8) is 0 Å². The molecule has 2 atom stereocenters. The van der Waals surface area contributed by atoms with E-state index in [9.17, 15) is 0 Å². The summed E-state index contributed by atoms with van der Waals surface area (Å²) in [5.74, 6) is 0. The highest BCUT2D eigenvalue weighted by Crippen LogP contribution is 2.19. The minimum absolute atomic E-state index is 0.803. The maximum absolute atomic E-state index is 2.51. The third kappa shape index (κ3) is 1.72. The van der Waals surface area contributed by atoms with E-state index in [0.29, 0.717) is 0 Å². The van der Waals surface area contributed by atoms with Crippen LogP contribution in [-0.2, 0) is 0 Å². The maximum atomic E-state index is 2.51. The summed E-state index contributed by atoms with van der Waals surface area (Å²) < 4.78 is 0. The van der Waals surface area contributed by atoms with Crippen LogP contribution in [0.2, 0.25) is 0 Å². The zero-order chi connectivity index (χ0) is 7.56. The van der Waals surface area contributed by atoms with Crippen LogP contribution in [0.3, 0.4) is 0 Å². The minimum Gasteiger partial charge on any atom is -0.301 e. The molecule has 60 valence electrons. The second-order valence-corrected chi connectivity index (χ2v) is 3.65. The summed E-state index contributed by atoms with van der Waals surface area (Å²) in [5.41, 5.74) is 0. The van der Waals surface area contributed by atoms with Crippen LogP contribution in [0.5, 0.6) is 0 Å². The maximum Gasteiger partial charge on any atom is 0.00666 e. The molecule has 0 radical (unpaired) electrons. The Morgan fingerprint density at radius 1 is 1.00 bits per heavy atom. The predicted octanol–water partition coefficient (Wildman–Crippen LogP) is 2.27. The average Bonchev–Trinajstić information content (AvgIpc) is 2.04. The van der Waals surface area contributed by atoms with Crippen LogP contribution in [0, 0.1) is 0 Å². The fourth-order valence-electron chi connectivity index (χ4n) is 1.72. The van der Waals surface area contributed by atoms with Crippen LogP contribution in [0.1, 0.15) is 39.5 Å². The first kappa shape index (κ1) is 8.06. The van der Waals surface area contributed by atoms with Crippen molar-refractivity contribution in [2.24, 2.45) is 0 Å². The molecule has 0 bridgehead atoms. The first-order valence-electron chi connectivity index (χ1n) is 4.43. The summed E-state index contributed by atoms with van der Waals surface area (Å²) in [5, 5.41) is 0. The Morgan fingerprint density at radius 2 is 1.40 bits per heavy atom. The quantitative estimate of drug-likeness (QED) is 0.500. The number of rotatable bonds is 0. The highest BCUT2D eigenvalue weighted by molar-refractivity contribution is 4.73. The zero-order valence-electron chi connectivity index (χ0n) is 7.43. The van der Waals surface area contributed by atoms with Crippen molar-refractivity contribution in [3.05, 3.63) is 0 Å². The van der Waals surface area contributed by atoms with E-state index in [4.69, 9.17) is 0 Å². The molecule has 0 aliphatic carbocycles. The lowest BCUT2D eigenvalue weighted by Gasteiger charge is -2.27. The van der Waals surface area contributed by atoms with Gasteiger partial charge in [0.25, 0.3) is 0 Å². The van der Waals surface area contributed by atoms with Crippen molar-refractivity contribution < 1.29 is 0 Å². The Kier molecular flexibility index (Phi) is 2.72. The summed E-state index contributed by atoms with van der Waals surface area (Å²) in [6.07, 6.45) is 5.63. The van der Waals surface area contributed by atoms with Crippen LogP contribution in [-0.4, -0.2) is 24.0 Å². The molecule has 0 aromatic rings. The Bertz CT molecular complexity index is 88.9. The van der Waals surface area contributed by atoms with Gasteiger partial charge in [0.05, 0.1) is 0 Å². The molecule has 0 spiro atoms. The molecule has 0 saturated carbocycles. The third-order valence-corrected chi connectivity index (χ3v) is 2.88. The minimum atomic E-state index is 0.803. The van der Waals surface area contributed by atoms with Crippen molar-refractivity contribution in [1.29, 1.82) is 0 Å². The van der Waals surface area contributed by atoms with E-state index in [2.05, 4.69) is 25.8 Å². The smallest absolute Gasteiger partial charge is 0.00666 e. The largest absolute Gasteiger partial charge is 0.301 e.